The summed E-state index contributed by atoms with van der Waals surface area (Å²) in [6, 6.07) is 14.8. The SMILES string of the molecule is Cc1ccc(C(=O)NNc2ccc(C(F)(F)F)cc2[N+](=O)[O-])cc1NC(=O)c1ccccc1. The van der Waals surface area contributed by atoms with Gasteiger partial charge in [0, 0.05) is 22.9 Å². The minimum Gasteiger partial charge on any atom is -0.322 e. The van der Waals surface area contributed by atoms with E-state index in [2.05, 4.69) is 16.2 Å². The number of rotatable bonds is 6. The number of nitro groups is 1. The zero-order valence-electron chi connectivity index (χ0n) is 17.1. The number of nitrogens with zero attached hydrogens (tertiary/aromatic N) is 1. The topological polar surface area (TPSA) is 113 Å². The van der Waals surface area contributed by atoms with Crippen LogP contribution in [-0.4, -0.2) is 16.7 Å². The highest BCUT2D eigenvalue weighted by Gasteiger charge is 2.33. The highest BCUT2D eigenvalue weighted by atomic mass is 19.4. The van der Waals surface area contributed by atoms with Gasteiger partial charge in [0.2, 0.25) is 0 Å². The predicted molar refractivity (Wildman–Crippen MR) is 115 cm³/mol. The summed E-state index contributed by atoms with van der Waals surface area (Å²) < 4.78 is 38.5. The molecule has 33 heavy (non-hydrogen) atoms. The van der Waals surface area contributed by atoms with E-state index in [1.54, 1.807) is 43.3 Å². The largest absolute Gasteiger partial charge is 0.416 e. The summed E-state index contributed by atoms with van der Waals surface area (Å²) in [6.07, 6.45) is -4.75. The molecule has 0 aromatic heterocycles. The summed E-state index contributed by atoms with van der Waals surface area (Å²) in [5, 5.41) is 13.9. The Kier molecular flexibility index (Phi) is 6.61. The Hall–Kier alpha value is -4.41. The van der Waals surface area contributed by atoms with Gasteiger partial charge in [-0.2, -0.15) is 13.2 Å². The van der Waals surface area contributed by atoms with Crippen molar-refractivity contribution in [2.24, 2.45) is 0 Å². The molecular weight excluding hydrogens is 441 g/mol. The standard InChI is InChI=1S/C22H17F3N4O4/c1-13-7-8-15(11-18(13)26-20(30)14-5-3-2-4-6-14)21(31)28-27-17-10-9-16(22(23,24)25)12-19(17)29(32)33/h2-12,27H,1H3,(H,26,30)(H,28,31). The Balaban J connectivity index is 1.75. The lowest BCUT2D eigenvalue weighted by Crippen LogP contribution is -2.30. The Morgan fingerprint density at radius 1 is 0.879 bits per heavy atom. The molecule has 0 radical (unpaired) electrons. The van der Waals surface area contributed by atoms with Crippen LogP contribution in [0.2, 0.25) is 0 Å². The maximum Gasteiger partial charge on any atom is 0.416 e. The predicted octanol–water partition coefficient (Wildman–Crippen LogP) is 4.93. The summed E-state index contributed by atoms with van der Waals surface area (Å²) in [5.74, 6) is -1.10. The number of benzene rings is 3. The van der Waals surface area contributed by atoms with Crippen LogP contribution in [0.3, 0.4) is 0 Å². The molecule has 0 spiro atoms. The van der Waals surface area contributed by atoms with Crippen molar-refractivity contribution in [1.29, 1.82) is 0 Å². The first-order valence-corrected chi connectivity index (χ1v) is 9.45. The first-order chi connectivity index (χ1) is 15.6. The van der Waals surface area contributed by atoms with Crippen molar-refractivity contribution in [2.75, 3.05) is 10.7 Å². The molecule has 0 heterocycles. The van der Waals surface area contributed by atoms with Crippen LogP contribution in [0.1, 0.15) is 31.8 Å². The van der Waals surface area contributed by atoms with Crippen LogP contribution < -0.4 is 16.2 Å². The van der Waals surface area contributed by atoms with Gasteiger partial charge in [-0.25, -0.2) is 0 Å². The van der Waals surface area contributed by atoms with Crippen molar-refractivity contribution < 1.29 is 27.7 Å². The fraction of sp³-hybridized carbons (Fsp3) is 0.0909. The molecule has 3 rings (SSSR count). The van der Waals surface area contributed by atoms with Gasteiger partial charge in [0.25, 0.3) is 17.5 Å². The van der Waals surface area contributed by atoms with Gasteiger partial charge >= 0.3 is 6.18 Å². The van der Waals surface area contributed by atoms with Gasteiger partial charge in [0.05, 0.1) is 10.5 Å². The Morgan fingerprint density at radius 2 is 1.58 bits per heavy atom. The number of halogens is 3. The average molecular weight is 458 g/mol. The molecule has 0 bridgehead atoms. The minimum atomic E-state index is -4.75. The van der Waals surface area contributed by atoms with Gasteiger partial charge in [0.15, 0.2) is 0 Å². The fourth-order valence-electron chi connectivity index (χ4n) is 2.84. The van der Waals surface area contributed by atoms with Crippen LogP contribution in [0.5, 0.6) is 0 Å². The number of hydrogen-bond donors (Lipinski definition) is 3. The number of anilines is 2. The summed E-state index contributed by atoms with van der Waals surface area (Å²) in [7, 11) is 0. The van der Waals surface area contributed by atoms with Crippen LogP contribution in [0.25, 0.3) is 0 Å². The third-order valence-corrected chi connectivity index (χ3v) is 4.62. The molecular formula is C22H17F3N4O4. The quantitative estimate of drug-likeness (QED) is 0.358. The van der Waals surface area contributed by atoms with Crippen LogP contribution in [-0.2, 0) is 6.18 Å². The highest BCUT2D eigenvalue weighted by Crippen LogP contribution is 2.34. The second-order valence-electron chi connectivity index (χ2n) is 6.92. The molecule has 0 aliphatic heterocycles. The number of alkyl halides is 3. The molecule has 3 N–H and O–H groups in total. The number of amides is 2. The lowest BCUT2D eigenvalue weighted by atomic mass is 10.1. The summed E-state index contributed by atoms with van der Waals surface area (Å²) >= 11 is 0. The van der Waals surface area contributed by atoms with E-state index >= 15 is 0 Å². The normalized spacial score (nSPS) is 10.9. The number of nitrogens with one attached hydrogen (secondary N) is 3. The lowest BCUT2D eigenvalue weighted by molar-refractivity contribution is -0.384. The first kappa shape index (κ1) is 23.3. The number of carbonyl (C=O) groups excluding carboxylic acids is 2. The number of carbonyl (C=O) groups is 2. The Bertz CT molecular complexity index is 1210. The third-order valence-electron chi connectivity index (χ3n) is 4.62. The lowest BCUT2D eigenvalue weighted by Gasteiger charge is -2.13. The van der Waals surface area contributed by atoms with E-state index in [0.717, 1.165) is 6.07 Å². The molecule has 0 unspecified atom stereocenters. The van der Waals surface area contributed by atoms with Crippen LogP contribution in [0.4, 0.5) is 30.2 Å². The molecule has 11 heteroatoms. The molecule has 3 aromatic rings. The molecule has 0 fully saturated rings. The maximum absolute atomic E-state index is 12.8. The molecule has 0 aliphatic rings. The van der Waals surface area contributed by atoms with E-state index < -0.39 is 28.3 Å². The summed E-state index contributed by atoms with van der Waals surface area (Å²) in [4.78, 5) is 35.1. The van der Waals surface area contributed by atoms with E-state index in [4.69, 9.17) is 0 Å². The van der Waals surface area contributed by atoms with Gasteiger partial charge in [-0.1, -0.05) is 24.3 Å². The Morgan fingerprint density at radius 3 is 2.21 bits per heavy atom. The number of nitro benzene ring substituents is 1. The highest BCUT2D eigenvalue weighted by molar-refractivity contribution is 6.05. The van der Waals surface area contributed by atoms with Gasteiger partial charge < -0.3 is 5.32 Å². The van der Waals surface area contributed by atoms with Crippen molar-refractivity contribution in [3.8, 4) is 0 Å². The van der Waals surface area contributed by atoms with Crippen LogP contribution in [0, 0.1) is 17.0 Å². The van der Waals surface area contributed by atoms with E-state index in [9.17, 15) is 32.9 Å². The summed E-state index contributed by atoms with van der Waals surface area (Å²) in [6.45, 7) is 1.73. The van der Waals surface area contributed by atoms with Gasteiger partial charge in [-0.15, -0.1) is 0 Å². The van der Waals surface area contributed by atoms with Crippen molar-refractivity contribution >= 4 is 28.9 Å². The van der Waals surface area contributed by atoms with Crippen LogP contribution in [0.15, 0.2) is 66.7 Å². The molecule has 0 saturated carbocycles. The number of aryl methyl sites for hydroxylation is 1. The van der Waals surface area contributed by atoms with Gasteiger partial charge in [0.1, 0.15) is 5.69 Å². The van der Waals surface area contributed by atoms with Gasteiger partial charge in [-0.3, -0.25) is 30.6 Å². The molecule has 8 nitrogen and oxygen atoms in total. The Labute approximate surface area is 185 Å². The molecule has 3 aromatic carbocycles. The monoisotopic (exact) mass is 458 g/mol. The molecule has 2 amide bonds. The van der Waals surface area contributed by atoms with E-state index in [1.165, 1.54) is 12.1 Å². The zero-order valence-corrected chi connectivity index (χ0v) is 17.1. The first-order valence-electron chi connectivity index (χ1n) is 9.45. The van der Waals surface area contributed by atoms with Crippen molar-refractivity contribution in [1.82, 2.24) is 5.43 Å². The molecule has 0 aliphatic carbocycles. The second kappa shape index (κ2) is 9.39. The summed E-state index contributed by atoms with van der Waals surface area (Å²) in [5.41, 5.74) is 3.69. The number of hydrogen-bond acceptors (Lipinski definition) is 5. The van der Waals surface area contributed by atoms with E-state index in [1.807, 2.05) is 0 Å². The fourth-order valence-corrected chi connectivity index (χ4v) is 2.84. The molecule has 170 valence electrons. The number of hydrazine groups is 1. The van der Waals surface area contributed by atoms with Crippen molar-refractivity contribution in [3.63, 3.8) is 0 Å². The van der Waals surface area contributed by atoms with E-state index in [0.29, 0.717) is 28.9 Å². The smallest absolute Gasteiger partial charge is 0.322 e. The third kappa shape index (κ3) is 5.64. The maximum atomic E-state index is 12.8. The average Bonchev–Trinajstić information content (AvgIpc) is 2.78. The van der Waals surface area contributed by atoms with Gasteiger partial charge in [-0.05, 0) is 48.9 Å². The minimum absolute atomic E-state index is 0.103. The van der Waals surface area contributed by atoms with Crippen molar-refractivity contribution in [3.05, 3.63) is 99.1 Å². The van der Waals surface area contributed by atoms with E-state index in [-0.39, 0.29) is 17.2 Å². The zero-order chi connectivity index (χ0) is 24.2. The van der Waals surface area contributed by atoms with Crippen LogP contribution >= 0.6 is 0 Å². The van der Waals surface area contributed by atoms with Crippen molar-refractivity contribution in [2.45, 2.75) is 13.1 Å². The molecule has 0 saturated heterocycles. The molecule has 0 atom stereocenters. The second-order valence-corrected chi connectivity index (χ2v) is 6.92.